The normalized spacial score (nSPS) is 12.7. The molecule has 0 saturated carbocycles. The topological polar surface area (TPSA) is 91.3 Å². The fourth-order valence-corrected chi connectivity index (χ4v) is 3.09. The molecule has 0 spiro atoms. The minimum atomic E-state index is -0.843. The molecular formula is C19H24N4O4. The van der Waals surface area contributed by atoms with Crippen molar-refractivity contribution in [3.63, 3.8) is 0 Å². The monoisotopic (exact) mass is 372 g/mol. The van der Waals surface area contributed by atoms with Crippen molar-refractivity contribution in [1.29, 1.82) is 0 Å². The molecule has 0 saturated heterocycles. The highest BCUT2D eigenvalue weighted by Crippen LogP contribution is 2.25. The van der Waals surface area contributed by atoms with Crippen molar-refractivity contribution in [3.05, 3.63) is 57.0 Å². The van der Waals surface area contributed by atoms with Crippen molar-refractivity contribution in [2.75, 3.05) is 6.61 Å². The van der Waals surface area contributed by atoms with E-state index in [1.54, 1.807) is 11.6 Å². The summed E-state index contributed by atoms with van der Waals surface area (Å²) in [5, 5.41) is 10.4. The fraction of sp³-hybridized carbons (Fsp3) is 0.421. The van der Waals surface area contributed by atoms with Gasteiger partial charge < -0.3 is 14.4 Å². The molecule has 2 heterocycles. The highest BCUT2D eigenvalue weighted by molar-refractivity contribution is 5.69. The maximum absolute atomic E-state index is 12.4. The van der Waals surface area contributed by atoms with Crippen molar-refractivity contribution in [3.8, 4) is 5.75 Å². The zero-order valence-electron chi connectivity index (χ0n) is 15.9. The Hall–Kier alpha value is -2.87. The van der Waals surface area contributed by atoms with Crippen LogP contribution in [-0.4, -0.2) is 36.5 Å². The van der Waals surface area contributed by atoms with Gasteiger partial charge in [-0.05, 0) is 17.5 Å². The third-order valence-corrected chi connectivity index (χ3v) is 4.60. The van der Waals surface area contributed by atoms with E-state index in [4.69, 9.17) is 4.74 Å². The van der Waals surface area contributed by atoms with E-state index < -0.39 is 17.4 Å². The molecule has 1 aromatic carbocycles. The standard InChI is InChI=1S/C19H24N4O4/c1-12(2)14-7-5-6-8-15(14)27-10-13(24)9-23-11-20-17-16(23)18(25)22(4)19(26)21(17)3/h5-8,11-13,24H,9-10H2,1-4H3/t13-/m0/s1. The average Bonchev–Trinajstić information content (AvgIpc) is 3.06. The number of imidazole rings is 1. The van der Waals surface area contributed by atoms with Gasteiger partial charge in [0, 0.05) is 14.1 Å². The number of hydrogen-bond acceptors (Lipinski definition) is 5. The van der Waals surface area contributed by atoms with Crippen LogP contribution in [0.25, 0.3) is 11.2 Å². The lowest BCUT2D eigenvalue weighted by Gasteiger charge is -2.17. The van der Waals surface area contributed by atoms with Crippen LogP contribution in [0, 0.1) is 0 Å². The summed E-state index contributed by atoms with van der Waals surface area (Å²) in [6.45, 7) is 4.37. The number of aryl methyl sites for hydroxylation is 1. The Labute approximate surface area is 156 Å². The summed E-state index contributed by atoms with van der Waals surface area (Å²) in [4.78, 5) is 28.6. The average molecular weight is 372 g/mol. The van der Waals surface area contributed by atoms with Gasteiger partial charge in [0.25, 0.3) is 5.56 Å². The van der Waals surface area contributed by atoms with E-state index in [0.717, 1.165) is 15.9 Å². The zero-order valence-corrected chi connectivity index (χ0v) is 15.9. The van der Waals surface area contributed by atoms with E-state index in [-0.39, 0.29) is 18.7 Å². The summed E-state index contributed by atoms with van der Waals surface area (Å²) in [6.07, 6.45) is 0.612. The molecule has 1 atom stereocenters. The lowest BCUT2D eigenvalue weighted by Crippen LogP contribution is -2.38. The van der Waals surface area contributed by atoms with Gasteiger partial charge in [-0.15, -0.1) is 0 Å². The zero-order chi connectivity index (χ0) is 19.7. The Morgan fingerprint density at radius 1 is 1.15 bits per heavy atom. The Morgan fingerprint density at radius 3 is 2.56 bits per heavy atom. The third kappa shape index (κ3) is 3.52. The molecule has 0 aliphatic carbocycles. The predicted octanol–water partition coefficient (Wildman–Crippen LogP) is 0.997. The molecule has 1 N–H and O–H groups in total. The first kappa shape index (κ1) is 18.9. The first-order chi connectivity index (χ1) is 12.8. The van der Waals surface area contributed by atoms with Crippen molar-refractivity contribution in [2.45, 2.75) is 32.4 Å². The third-order valence-electron chi connectivity index (χ3n) is 4.60. The molecule has 3 aromatic rings. The number of aromatic nitrogens is 4. The van der Waals surface area contributed by atoms with E-state index in [1.807, 2.05) is 24.3 Å². The minimum Gasteiger partial charge on any atom is -0.491 e. The molecule has 8 heteroatoms. The number of rotatable bonds is 6. The van der Waals surface area contributed by atoms with Crippen LogP contribution in [-0.2, 0) is 20.6 Å². The molecule has 0 fully saturated rings. The summed E-state index contributed by atoms with van der Waals surface area (Å²) in [5.74, 6) is 1.04. The number of nitrogens with zero attached hydrogens (tertiary/aromatic N) is 4. The van der Waals surface area contributed by atoms with Crippen LogP contribution in [0.2, 0.25) is 0 Å². The molecule has 0 aliphatic rings. The maximum atomic E-state index is 12.4. The van der Waals surface area contributed by atoms with Crippen LogP contribution >= 0.6 is 0 Å². The second-order valence-electron chi connectivity index (χ2n) is 6.93. The molecule has 0 bridgehead atoms. The van der Waals surface area contributed by atoms with Crippen LogP contribution in [0.1, 0.15) is 25.3 Å². The van der Waals surface area contributed by atoms with Crippen LogP contribution in [0.3, 0.4) is 0 Å². The highest BCUT2D eigenvalue weighted by Gasteiger charge is 2.17. The lowest BCUT2D eigenvalue weighted by atomic mass is 10.0. The summed E-state index contributed by atoms with van der Waals surface area (Å²) in [7, 11) is 2.98. The molecule has 0 aliphatic heterocycles. The first-order valence-electron chi connectivity index (χ1n) is 8.82. The number of benzene rings is 1. The first-order valence-corrected chi connectivity index (χ1v) is 8.82. The maximum Gasteiger partial charge on any atom is 0.332 e. The second-order valence-corrected chi connectivity index (χ2v) is 6.93. The Balaban J connectivity index is 1.81. The number of hydrogen-bond donors (Lipinski definition) is 1. The smallest absolute Gasteiger partial charge is 0.332 e. The molecular weight excluding hydrogens is 348 g/mol. The van der Waals surface area contributed by atoms with Crippen molar-refractivity contribution < 1.29 is 9.84 Å². The van der Waals surface area contributed by atoms with Gasteiger partial charge in [-0.2, -0.15) is 0 Å². The van der Waals surface area contributed by atoms with Gasteiger partial charge in [0.05, 0.1) is 12.9 Å². The van der Waals surface area contributed by atoms with E-state index >= 15 is 0 Å². The van der Waals surface area contributed by atoms with Crippen LogP contribution in [0.5, 0.6) is 5.75 Å². The number of aliphatic hydroxyl groups is 1. The Bertz CT molecular complexity index is 1080. The quantitative estimate of drug-likeness (QED) is 0.697. The van der Waals surface area contributed by atoms with Gasteiger partial charge in [-0.3, -0.25) is 13.9 Å². The SMILES string of the molecule is CC(C)c1ccccc1OC[C@@H](O)Cn1cnc2c1c(=O)n(C)c(=O)n2C. The van der Waals surface area contributed by atoms with Gasteiger partial charge >= 0.3 is 5.69 Å². The van der Waals surface area contributed by atoms with Crippen LogP contribution < -0.4 is 16.0 Å². The number of para-hydroxylation sites is 1. The van der Waals surface area contributed by atoms with E-state index in [1.165, 1.54) is 17.9 Å². The number of aliphatic hydroxyl groups excluding tert-OH is 1. The van der Waals surface area contributed by atoms with Crippen molar-refractivity contribution >= 4 is 11.2 Å². The van der Waals surface area contributed by atoms with Gasteiger partial charge in [0.2, 0.25) is 0 Å². The molecule has 0 unspecified atom stereocenters. The Kier molecular flexibility index (Phi) is 5.18. The molecule has 8 nitrogen and oxygen atoms in total. The molecule has 2 aromatic heterocycles. The molecule has 144 valence electrons. The predicted molar refractivity (Wildman–Crippen MR) is 102 cm³/mol. The van der Waals surface area contributed by atoms with E-state index in [0.29, 0.717) is 11.6 Å². The summed E-state index contributed by atoms with van der Waals surface area (Å²) in [6, 6.07) is 7.72. The molecule has 0 amide bonds. The number of ether oxygens (including phenoxy) is 1. The molecule has 27 heavy (non-hydrogen) atoms. The van der Waals surface area contributed by atoms with Crippen LogP contribution in [0.15, 0.2) is 40.2 Å². The highest BCUT2D eigenvalue weighted by atomic mass is 16.5. The van der Waals surface area contributed by atoms with E-state index in [2.05, 4.69) is 18.8 Å². The van der Waals surface area contributed by atoms with Crippen molar-refractivity contribution in [2.24, 2.45) is 14.1 Å². The van der Waals surface area contributed by atoms with Gasteiger partial charge in [-0.25, -0.2) is 9.78 Å². The Morgan fingerprint density at radius 2 is 1.85 bits per heavy atom. The van der Waals surface area contributed by atoms with Crippen LogP contribution in [0.4, 0.5) is 0 Å². The minimum absolute atomic E-state index is 0.0789. The summed E-state index contributed by atoms with van der Waals surface area (Å²) < 4.78 is 9.70. The molecule has 3 rings (SSSR count). The van der Waals surface area contributed by atoms with Crippen molar-refractivity contribution in [1.82, 2.24) is 18.7 Å². The fourth-order valence-electron chi connectivity index (χ4n) is 3.09. The summed E-state index contributed by atoms with van der Waals surface area (Å²) in [5.41, 5.74) is 0.764. The van der Waals surface area contributed by atoms with Gasteiger partial charge in [-0.1, -0.05) is 32.0 Å². The number of fused-ring (bicyclic) bond motifs is 1. The lowest BCUT2D eigenvalue weighted by molar-refractivity contribution is 0.0927. The van der Waals surface area contributed by atoms with Gasteiger partial charge in [0.1, 0.15) is 18.5 Å². The largest absolute Gasteiger partial charge is 0.491 e. The summed E-state index contributed by atoms with van der Waals surface area (Å²) >= 11 is 0. The van der Waals surface area contributed by atoms with Gasteiger partial charge in [0.15, 0.2) is 11.2 Å². The second kappa shape index (κ2) is 7.40. The molecule has 0 radical (unpaired) electrons. The van der Waals surface area contributed by atoms with E-state index in [9.17, 15) is 14.7 Å².